The van der Waals surface area contributed by atoms with Crippen LogP contribution in [0.5, 0.6) is 0 Å². The molecular weight excluding hydrogens is 402 g/mol. The predicted molar refractivity (Wildman–Crippen MR) is 102 cm³/mol. The number of halogens is 4. The number of hydrogen-bond acceptors (Lipinski definition) is 3. The molecule has 4 unspecified atom stereocenters. The molecule has 1 fully saturated rings. The smallest absolute Gasteiger partial charge is 0.327 e. The topological polar surface area (TPSA) is 64.7 Å². The van der Waals surface area contributed by atoms with Crippen molar-refractivity contribution in [3.05, 3.63) is 42.5 Å². The maximum absolute atomic E-state index is 13.7. The van der Waals surface area contributed by atoms with Crippen LogP contribution in [0.2, 0.25) is 0 Å². The summed E-state index contributed by atoms with van der Waals surface area (Å²) < 4.78 is 54.8. The Morgan fingerprint density at radius 3 is 2.67 bits per heavy atom. The molecule has 1 saturated carbocycles. The van der Waals surface area contributed by atoms with E-state index in [1.165, 1.54) is 6.20 Å². The van der Waals surface area contributed by atoms with Crippen LogP contribution in [0.1, 0.15) is 39.3 Å². The van der Waals surface area contributed by atoms with Crippen molar-refractivity contribution >= 4 is 22.6 Å². The number of nitrogens with one attached hydrogen (secondary N) is 1. The molecule has 0 aliphatic heterocycles. The zero-order chi connectivity index (χ0) is 21.6. The monoisotopic (exact) mass is 423 g/mol. The van der Waals surface area contributed by atoms with Gasteiger partial charge >= 0.3 is 6.55 Å². The van der Waals surface area contributed by atoms with Gasteiger partial charge in [0.2, 0.25) is 5.91 Å². The van der Waals surface area contributed by atoms with Gasteiger partial charge < -0.3 is 9.88 Å². The molecule has 2 heterocycles. The molecule has 30 heavy (non-hydrogen) atoms. The summed E-state index contributed by atoms with van der Waals surface area (Å²) in [4.78, 5) is 16.8. The summed E-state index contributed by atoms with van der Waals surface area (Å²) >= 11 is 0. The first-order valence-electron chi connectivity index (χ1n) is 9.69. The minimum absolute atomic E-state index is 0.00306. The summed E-state index contributed by atoms with van der Waals surface area (Å²) in [7, 11) is 0. The number of nitrogens with zero attached hydrogens (tertiary/aromatic N) is 4. The van der Waals surface area contributed by atoms with Crippen LogP contribution in [-0.2, 0) is 4.79 Å². The first kappa shape index (κ1) is 20.4. The van der Waals surface area contributed by atoms with Crippen molar-refractivity contribution in [2.75, 3.05) is 5.32 Å². The van der Waals surface area contributed by atoms with E-state index in [1.807, 2.05) is 11.5 Å². The molecule has 1 aliphatic rings. The number of hydrogen-bond donors (Lipinski definition) is 1. The van der Waals surface area contributed by atoms with Crippen LogP contribution >= 0.6 is 0 Å². The molecule has 0 bridgehead atoms. The number of fused-ring (bicyclic) bond motifs is 1. The van der Waals surface area contributed by atoms with Crippen molar-refractivity contribution in [2.24, 2.45) is 17.8 Å². The molecule has 1 aromatic carbocycles. The predicted octanol–water partition coefficient (Wildman–Crippen LogP) is 4.77. The van der Waals surface area contributed by atoms with Gasteiger partial charge in [0.15, 0.2) is 11.6 Å². The number of imidazole rings is 1. The molecule has 0 saturated heterocycles. The van der Waals surface area contributed by atoms with E-state index in [4.69, 9.17) is 0 Å². The molecule has 1 aliphatic carbocycles. The maximum Gasteiger partial charge on any atom is 0.333 e. The van der Waals surface area contributed by atoms with Gasteiger partial charge in [-0.15, -0.1) is 0 Å². The van der Waals surface area contributed by atoms with Crippen molar-refractivity contribution in [1.29, 1.82) is 0 Å². The molecule has 1 N–H and O–H groups in total. The van der Waals surface area contributed by atoms with Crippen molar-refractivity contribution in [1.82, 2.24) is 19.3 Å². The Balaban J connectivity index is 1.48. The van der Waals surface area contributed by atoms with Crippen LogP contribution in [0.3, 0.4) is 0 Å². The zero-order valence-corrected chi connectivity index (χ0v) is 16.4. The first-order chi connectivity index (χ1) is 14.2. The van der Waals surface area contributed by atoms with Crippen LogP contribution < -0.4 is 5.32 Å². The van der Waals surface area contributed by atoms with E-state index in [0.717, 1.165) is 24.8 Å². The number of carbonyl (C=O) groups excluding carboxylic acids is 1. The van der Waals surface area contributed by atoms with Gasteiger partial charge in [-0.2, -0.15) is 13.9 Å². The summed E-state index contributed by atoms with van der Waals surface area (Å²) in [6.07, 6.45) is 5.27. The fourth-order valence-electron chi connectivity index (χ4n) is 4.44. The molecular formula is C20H21F4N5O. The Labute approximate surface area is 169 Å². The number of rotatable bonds is 5. The fraction of sp³-hybridized carbons (Fsp3) is 0.450. The van der Waals surface area contributed by atoms with Crippen molar-refractivity contribution in [3.8, 4) is 0 Å². The minimum atomic E-state index is -2.77. The van der Waals surface area contributed by atoms with E-state index in [2.05, 4.69) is 15.4 Å². The highest BCUT2D eigenvalue weighted by atomic mass is 19.3. The summed E-state index contributed by atoms with van der Waals surface area (Å²) in [6, 6.07) is 2.22. The largest absolute Gasteiger partial charge is 0.333 e. The second-order valence-corrected chi connectivity index (χ2v) is 7.94. The second-order valence-electron chi connectivity index (χ2n) is 7.94. The van der Waals surface area contributed by atoms with Gasteiger partial charge in [-0.1, -0.05) is 13.8 Å². The first-order valence-corrected chi connectivity index (χ1v) is 9.69. The van der Waals surface area contributed by atoms with Crippen LogP contribution in [0.25, 0.3) is 11.0 Å². The number of amides is 1. The van der Waals surface area contributed by atoms with Crippen LogP contribution in [-0.4, -0.2) is 25.2 Å². The average Bonchev–Trinajstić information content (AvgIpc) is 3.40. The third kappa shape index (κ3) is 3.66. The van der Waals surface area contributed by atoms with Crippen LogP contribution in [0.15, 0.2) is 30.9 Å². The third-order valence-corrected chi connectivity index (χ3v) is 6.05. The van der Waals surface area contributed by atoms with E-state index in [1.54, 1.807) is 13.3 Å². The molecule has 1 amide bonds. The molecule has 0 spiro atoms. The lowest BCUT2D eigenvalue weighted by Gasteiger charge is -2.22. The van der Waals surface area contributed by atoms with E-state index in [0.29, 0.717) is 22.1 Å². The number of benzene rings is 1. The lowest BCUT2D eigenvalue weighted by molar-refractivity contribution is -0.121. The van der Waals surface area contributed by atoms with Crippen LogP contribution in [0.4, 0.5) is 23.2 Å². The summed E-state index contributed by atoms with van der Waals surface area (Å²) in [5.41, 5.74) is 1.11. The van der Waals surface area contributed by atoms with Gasteiger partial charge in [-0.3, -0.25) is 4.79 Å². The number of anilines is 1. The Morgan fingerprint density at radius 1 is 1.23 bits per heavy atom. The Kier molecular flexibility index (Phi) is 5.25. The molecule has 6 nitrogen and oxygen atoms in total. The number of aromatic nitrogens is 4. The molecule has 4 rings (SSSR count). The molecule has 0 radical (unpaired) electrons. The number of carbonyl (C=O) groups is 1. The lowest BCUT2D eigenvalue weighted by Crippen LogP contribution is -2.28. The van der Waals surface area contributed by atoms with Crippen molar-refractivity contribution in [3.63, 3.8) is 0 Å². The van der Waals surface area contributed by atoms with Crippen molar-refractivity contribution in [2.45, 2.75) is 39.3 Å². The molecule has 3 aromatic rings. The summed E-state index contributed by atoms with van der Waals surface area (Å²) in [6.45, 7) is 1.08. The number of alkyl halides is 2. The van der Waals surface area contributed by atoms with Gasteiger partial charge in [0.1, 0.15) is 0 Å². The lowest BCUT2D eigenvalue weighted by atomic mass is 9.85. The quantitative estimate of drug-likeness (QED) is 0.602. The average molecular weight is 423 g/mol. The molecule has 160 valence electrons. The molecule has 10 heteroatoms. The summed E-state index contributed by atoms with van der Waals surface area (Å²) in [5, 5.41) is 6.15. The van der Waals surface area contributed by atoms with Gasteiger partial charge in [-0.05, 0) is 24.7 Å². The van der Waals surface area contributed by atoms with Gasteiger partial charge in [-0.25, -0.2) is 18.4 Å². The van der Waals surface area contributed by atoms with Gasteiger partial charge in [0.05, 0.1) is 35.4 Å². The second kappa shape index (κ2) is 7.73. The molecule has 2 aromatic heterocycles. The van der Waals surface area contributed by atoms with E-state index < -0.39 is 18.2 Å². The zero-order valence-electron chi connectivity index (χ0n) is 16.4. The maximum atomic E-state index is 13.7. The molecule has 4 atom stereocenters. The standard InChI is InChI=1S/C20H21F4N5O/c1-10-3-13(28-9-25-17-5-15(21)16(22)6-18(17)28)4-14(10)11(2)19(30)27-12-7-26-29(8-12)20(23)24/h5-11,13-14,20H,3-4H2,1-2H3,(H,27,30). The Hall–Kier alpha value is -2.91. The minimum Gasteiger partial charge on any atom is -0.327 e. The van der Waals surface area contributed by atoms with Gasteiger partial charge in [0.25, 0.3) is 0 Å². The van der Waals surface area contributed by atoms with E-state index in [9.17, 15) is 22.4 Å². The normalized spacial score (nSPS) is 22.7. The fourth-order valence-corrected chi connectivity index (χ4v) is 4.44. The SMILES string of the molecule is CC1CC(n2cnc3cc(F)c(F)cc32)CC1C(C)C(=O)Nc1cnn(C(F)F)c1. The highest BCUT2D eigenvalue weighted by Crippen LogP contribution is 2.44. The Morgan fingerprint density at radius 2 is 1.97 bits per heavy atom. The van der Waals surface area contributed by atoms with E-state index >= 15 is 0 Å². The van der Waals surface area contributed by atoms with E-state index in [-0.39, 0.29) is 35.4 Å². The third-order valence-electron chi connectivity index (χ3n) is 6.05. The van der Waals surface area contributed by atoms with Gasteiger partial charge in [0, 0.05) is 24.1 Å². The highest BCUT2D eigenvalue weighted by molar-refractivity contribution is 5.92. The van der Waals surface area contributed by atoms with Crippen molar-refractivity contribution < 1.29 is 22.4 Å². The Bertz CT molecular complexity index is 1080. The highest BCUT2D eigenvalue weighted by Gasteiger charge is 2.38. The van der Waals surface area contributed by atoms with Crippen LogP contribution in [0, 0.1) is 29.4 Å². The summed E-state index contributed by atoms with van der Waals surface area (Å²) in [5.74, 6) is -2.28.